The third-order valence-corrected chi connectivity index (χ3v) is 5.58. The van der Waals surface area contributed by atoms with Gasteiger partial charge in [0.2, 0.25) is 5.90 Å². The number of anilines is 1. The highest BCUT2D eigenvalue weighted by Gasteiger charge is 2.26. The van der Waals surface area contributed by atoms with E-state index in [-0.39, 0.29) is 23.1 Å². The van der Waals surface area contributed by atoms with Gasteiger partial charge in [0.1, 0.15) is 5.82 Å². The Balaban J connectivity index is 1.53. The molecular weight excluding hydrogens is 460 g/mol. The van der Waals surface area contributed by atoms with Crippen LogP contribution in [0.4, 0.5) is 14.6 Å². The SMILES string of the molecule is COc1cc(C2=N/C(=C/c3cc4ccccc4nc3N3CCOCC3)C(=O)O2)ccc1OC(F)F. The highest BCUT2D eigenvalue weighted by molar-refractivity contribution is 6.13. The number of nitrogens with zero attached hydrogens (tertiary/aromatic N) is 3. The molecule has 0 unspecified atom stereocenters. The van der Waals surface area contributed by atoms with Gasteiger partial charge in [0.25, 0.3) is 0 Å². The number of carbonyl (C=O) groups excluding carboxylic acids is 1. The molecule has 1 fully saturated rings. The zero-order chi connectivity index (χ0) is 24.4. The highest BCUT2D eigenvalue weighted by atomic mass is 19.3. The number of morpholine rings is 1. The number of ether oxygens (including phenoxy) is 4. The quantitative estimate of drug-likeness (QED) is 0.388. The second-order valence-electron chi connectivity index (χ2n) is 7.77. The Morgan fingerprint density at radius 3 is 2.66 bits per heavy atom. The van der Waals surface area contributed by atoms with Crippen LogP contribution < -0.4 is 14.4 Å². The van der Waals surface area contributed by atoms with Crippen LogP contribution in [0.1, 0.15) is 11.1 Å². The number of esters is 1. The number of aliphatic imine (C=N–C) groups is 1. The van der Waals surface area contributed by atoms with E-state index in [4.69, 9.17) is 19.2 Å². The molecule has 0 radical (unpaired) electrons. The molecule has 1 aromatic heterocycles. The summed E-state index contributed by atoms with van der Waals surface area (Å²) >= 11 is 0. The molecule has 10 heteroatoms. The number of hydrogen-bond acceptors (Lipinski definition) is 8. The van der Waals surface area contributed by atoms with Gasteiger partial charge < -0.3 is 23.8 Å². The lowest BCUT2D eigenvalue weighted by Gasteiger charge is -2.29. The molecule has 0 saturated carbocycles. The van der Waals surface area contributed by atoms with E-state index < -0.39 is 12.6 Å². The van der Waals surface area contributed by atoms with Crippen molar-refractivity contribution in [1.82, 2.24) is 4.98 Å². The molecule has 8 nitrogen and oxygen atoms in total. The first-order chi connectivity index (χ1) is 17.0. The summed E-state index contributed by atoms with van der Waals surface area (Å²) in [5.41, 5.74) is 2.04. The van der Waals surface area contributed by atoms with Gasteiger partial charge in [-0.2, -0.15) is 8.78 Å². The van der Waals surface area contributed by atoms with Gasteiger partial charge in [-0.15, -0.1) is 0 Å². The number of halogens is 2. The van der Waals surface area contributed by atoms with E-state index in [9.17, 15) is 13.6 Å². The smallest absolute Gasteiger partial charge is 0.387 e. The number of rotatable bonds is 6. The van der Waals surface area contributed by atoms with Gasteiger partial charge in [-0.25, -0.2) is 14.8 Å². The van der Waals surface area contributed by atoms with E-state index in [0.29, 0.717) is 31.9 Å². The first-order valence-electron chi connectivity index (χ1n) is 10.9. The number of fused-ring (bicyclic) bond motifs is 1. The van der Waals surface area contributed by atoms with E-state index in [0.717, 1.165) is 22.3 Å². The average Bonchev–Trinajstić information content (AvgIpc) is 3.24. The van der Waals surface area contributed by atoms with Crippen molar-refractivity contribution in [1.29, 1.82) is 0 Å². The first-order valence-corrected chi connectivity index (χ1v) is 10.9. The van der Waals surface area contributed by atoms with Gasteiger partial charge >= 0.3 is 12.6 Å². The molecule has 0 atom stereocenters. The van der Waals surface area contributed by atoms with Crippen LogP contribution in [0.2, 0.25) is 0 Å². The maximum absolute atomic E-state index is 12.7. The normalized spacial score (nSPS) is 17.1. The predicted octanol–water partition coefficient (Wildman–Crippen LogP) is 4.03. The Morgan fingerprint density at radius 1 is 1.09 bits per heavy atom. The number of methoxy groups -OCH3 is 1. The van der Waals surface area contributed by atoms with Gasteiger partial charge in [-0.05, 0) is 36.4 Å². The van der Waals surface area contributed by atoms with Crippen LogP contribution in [-0.4, -0.2) is 56.9 Å². The van der Waals surface area contributed by atoms with Gasteiger partial charge in [0.15, 0.2) is 17.2 Å². The van der Waals surface area contributed by atoms with Crippen LogP contribution in [0.3, 0.4) is 0 Å². The molecule has 2 aromatic carbocycles. The standard InChI is InChI=1S/C25H21F2N3O5/c1-32-21-14-16(6-7-20(21)34-25(26)27)23-29-19(24(31)35-23)13-17-12-15-4-2-3-5-18(15)28-22(17)30-8-10-33-11-9-30/h2-7,12-14,25H,8-11H2,1H3/b19-13+. The van der Waals surface area contributed by atoms with Crippen molar-refractivity contribution in [2.24, 2.45) is 4.99 Å². The van der Waals surface area contributed by atoms with Crippen molar-refractivity contribution in [2.45, 2.75) is 6.61 Å². The number of pyridine rings is 1. The largest absolute Gasteiger partial charge is 0.493 e. The summed E-state index contributed by atoms with van der Waals surface area (Å²) < 4.78 is 45.6. The first kappa shape index (κ1) is 22.7. The Bertz CT molecular complexity index is 1340. The predicted molar refractivity (Wildman–Crippen MR) is 125 cm³/mol. The second kappa shape index (κ2) is 9.67. The fourth-order valence-corrected chi connectivity index (χ4v) is 3.93. The fourth-order valence-electron chi connectivity index (χ4n) is 3.93. The van der Waals surface area contributed by atoms with Crippen LogP contribution >= 0.6 is 0 Å². The molecule has 5 rings (SSSR count). The minimum atomic E-state index is -3.00. The van der Waals surface area contributed by atoms with Gasteiger partial charge in [-0.1, -0.05) is 18.2 Å². The molecule has 0 N–H and O–H groups in total. The van der Waals surface area contributed by atoms with Crippen molar-refractivity contribution in [3.05, 3.63) is 65.4 Å². The number of carbonyl (C=O) groups is 1. The molecule has 0 bridgehead atoms. The Hall–Kier alpha value is -4.05. The summed E-state index contributed by atoms with van der Waals surface area (Å²) in [5, 5.41) is 0.922. The fraction of sp³-hybridized carbons (Fsp3) is 0.240. The topological polar surface area (TPSA) is 82.5 Å². The minimum absolute atomic E-state index is 0.0322. The summed E-state index contributed by atoms with van der Waals surface area (Å²) in [6, 6.07) is 13.9. The molecule has 180 valence electrons. The molecule has 0 spiro atoms. The van der Waals surface area contributed by atoms with Crippen LogP contribution in [0.25, 0.3) is 17.0 Å². The lowest BCUT2D eigenvalue weighted by atomic mass is 10.1. The van der Waals surface area contributed by atoms with Crippen molar-refractivity contribution < 1.29 is 32.5 Å². The van der Waals surface area contributed by atoms with Crippen LogP contribution in [0, 0.1) is 0 Å². The number of alkyl halides is 2. The average molecular weight is 481 g/mol. The Labute approximate surface area is 199 Å². The zero-order valence-corrected chi connectivity index (χ0v) is 18.7. The second-order valence-corrected chi connectivity index (χ2v) is 7.77. The summed E-state index contributed by atoms with van der Waals surface area (Å²) in [5.74, 6) is 0.0561. The Morgan fingerprint density at radius 2 is 1.89 bits per heavy atom. The van der Waals surface area contributed by atoms with Crippen LogP contribution in [-0.2, 0) is 14.3 Å². The molecule has 0 amide bonds. The minimum Gasteiger partial charge on any atom is -0.493 e. The molecule has 3 heterocycles. The van der Waals surface area contributed by atoms with E-state index >= 15 is 0 Å². The molecule has 3 aromatic rings. The van der Waals surface area contributed by atoms with Gasteiger partial charge in [0, 0.05) is 29.6 Å². The van der Waals surface area contributed by atoms with Crippen molar-refractivity contribution in [3.63, 3.8) is 0 Å². The third kappa shape index (κ3) is 4.78. The Kier molecular flexibility index (Phi) is 6.28. The number of para-hydroxylation sites is 1. The highest BCUT2D eigenvalue weighted by Crippen LogP contribution is 2.32. The molecule has 1 saturated heterocycles. The zero-order valence-electron chi connectivity index (χ0n) is 18.7. The van der Waals surface area contributed by atoms with Crippen molar-refractivity contribution >= 4 is 34.7 Å². The number of hydrogen-bond donors (Lipinski definition) is 0. The maximum atomic E-state index is 12.7. The van der Waals surface area contributed by atoms with Crippen LogP contribution in [0.5, 0.6) is 11.5 Å². The van der Waals surface area contributed by atoms with Crippen molar-refractivity contribution in [3.8, 4) is 11.5 Å². The van der Waals surface area contributed by atoms with Gasteiger partial charge in [0.05, 0.1) is 25.8 Å². The molecule has 0 aliphatic carbocycles. The summed E-state index contributed by atoms with van der Waals surface area (Å²) in [4.78, 5) is 24.0. The molecule has 2 aliphatic rings. The van der Waals surface area contributed by atoms with E-state index in [1.165, 1.54) is 25.3 Å². The summed E-state index contributed by atoms with van der Waals surface area (Å²) in [7, 11) is 1.32. The van der Waals surface area contributed by atoms with Crippen molar-refractivity contribution in [2.75, 3.05) is 38.3 Å². The molecular formula is C25H21F2N3O5. The molecule has 2 aliphatic heterocycles. The number of benzene rings is 2. The number of aromatic nitrogens is 1. The van der Waals surface area contributed by atoms with Crippen LogP contribution in [0.15, 0.2) is 59.2 Å². The van der Waals surface area contributed by atoms with E-state index in [2.05, 4.69) is 14.6 Å². The monoisotopic (exact) mass is 481 g/mol. The number of cyclic esters (lactones) is 1. The summed E-state index contributed by atoms with van der Waals surface area (Å²) in [6.45, 7) is -0.480. The van der Waals surface area contributed by atoms with E-state index in [1.54, 1.807) is 6.08 Å². The lowest BCUT2D eigenvalue weighted by molar-refractivity contribution is -0.129. The lowest BCUT2D eigenvalue weighted by Crippen LogP contribution is -2.37. The third-order valence-electron chi connectivity index (χ3n) is 5.58. The summed E-state index contributed by atoms with van der Waals surface area (Å²) in [6.07, 6.45) is 1.64. The molecule has 35 heavy (non-hydrogen) atoms. The van der Waals surface area contributed by atoms with Gasteiger partial charge in [-0.3, -0.25) is 0 Å². The van der Waals surface area contributed by atoms with E-state index in [1.807, 2.05) is 30.3 Å². The maximum Gasteiger partial charge on any atom is 0.387 e.